The van der Waals surface area contributed by atoms with Gasteiger partial charge >= 0.3 is 6.18 Å². The van der Waals surface area contributed by atoms with Crippen LogP contribution in [0.5, 0.6) is 0 Å². The Morgan fingerprint density at radius 2 is 1.61 bits per heavy atom. The number of hydrogen-bond donors (Lipinski definition) is 1. The molecule has 0 saturated heterocycles. The van der Waals surface area contributed by atoms with E-state index in [1.807, 2.05) is 26.0 Å². The monoisotopic (exact) mass is 386 g/mol. The number of rotatable bonds is 4. The van der Waals surface area contributed by atoms with Crippen LogP contribution in [-0.4, -0.2) is 21.9 Å². The van der Waals surface area contributed by atoms with Crippen LogP contribution in [-0.2, 0) is 6.18 Å². The molecule has 0 aliphatic rings. The number of alkyl halides is 3. The van der Waals surface area contributed by atoms with E-state index in [-0.39, 0.29) is 5.69 Å². The van der Waals surface area contributed by atoms with Gasteiger partial charge < -0.3 is 0 Å². The van der Waals surface area contributed by atoms with Crippen LogP contribution in [0.3, 0.4) is 0 Å². The molecule has 0 radical (unpaired) electrons. The summed E-state index contributed by atoms with van der Waals surface area (Å²) in [4.78, 5) is 12.3. The zero-order valence-corrected chi connectivity index (χ0v) is 15.2. The van der Waals surface area contributed by atoms with Gasteiger partial charge in [-0.3, -0.25) is 4.79 Å². The Labute approximate surface area is 159 Å². The lowest BCUT2D eigenvalue weighted by atomic mass is 10.2. The van der Waals surface area contributed by atoms with Crippen LogP contribution in [0.4, 0.5) is 13.2 Å². The van der Waals surface area contributed by atoms with Crippen molar-refractivity contribution in [3.63, 3.8) is 0 Å². The van der Waals surface area contributed by atoms with Crippen molar-refractivity contribution in [2.24, 2.45) is 5.10 Å². The Hall–Kier alpha value is -3.42. The SMILES string of the molecule is Cc1ccc(C=NNC(=O)c2cnn(-c3ccc(C)cc3)c2C(F)(F)F)cc1. The van der Waals surface area contributed by atoms with E-state index < -0.39 is 23.3 Å². The Kier molecular flexibility index (Phi) is 5.30. The third-order valence-corrected chi connectivity index (χ3v) is 4.02. The molecule has 0 atom stereocenters. The molecule has 0 bridgehead atoms. The Bertz CT molecular complexity index is 1000. The average molecular weight is 386 g/mol. The summed E-state index contributed by atoms with van der Waals surface area (Å²) in [6, 6.07) is 13.6. The van der Waals surface area contributed by atoms with Gasteiger partial charge in [-0.15, -0.1) is 0 Å². The highest BCUT2D eigenvalue weighted by molar-refractivity contribution is 5.96. The van der Waals surface area contributed by atoms with Gasteiger partial charge in [0.05, 0.1) is 23.7 Å². The van der Waals surface area contributed by atoms with E-state index in [9.17, 15) is 18.0 Å². The fourth-order valence-electron chi connectivity index (χ4n) is 2.55. The van der Waals surface area contributed by atoms with Crippen molar-refractivity contribution in [1.29, 1.82) is 0 Å². The maximum Gasteiger partial charge on any atom is 0.434 e. The Morgan fingerprint density at radius 1 is 1.04 bits per heavy atom. The van der Waals surface area contributed by atoms with Crippen LogP contribution in [0.25, 0.3) is 5.69 Å². The van der Waals surface area contributed by atoms with Crippen molar-refractivity contribution < 1.29 is 18.0 Å². The number of nitrogens with one attached hydrogen (secondary N) is 1. The standard InChI is InChI=1S/C20H17F3N4O/c1-13-3-7-15(8-4-13)11-24-26-19(28)17-12-25-27(18(17)20(21,22)23)16-9-5-14(2)6-10-16/h3-12H,1-2H3,(H,26,28). The summed E-state index contributed by atoms with van der Waals surface area (Å²) in [5.41, 5.74) is 3.24. The molecule has 144 valence electrons. The molecule has 0 spiro atoms. The number of hydrogen-bond acceptors (Lipinski definition) is 3. The predicted molar refractivity (Wildman–Crippen MR) is 99.5 cm³/mol. The van der Waals surface area contributed by atoms with Crippen molar-refractivity contribution in [3.05, 3.63) is 82.7 Å². The molecule has 3 aromatic rings. The number of carbonyl (C=O) groups excluding carboxylic acids is 1. The highest BCUT2D eigenvalue weighted by Crippen LogP contribution is 2.33. The van der Waals surface area contributed by atoms with Gasteiger partial charge in [0, 0.05) is 0 Å². The Morgan fingerprint density at radius 3 is 2.18 bits per heavy atom. The van der Waals surface area contributed by atoms with E-state index in [1.54, 1.807) is 24.3 Å². The summed E-state index contributed by atoms with van der Waals surface area (Å²) in [6.07, 6.45) is -2.52. The molecule has 1 amide bonds. The molecule has 5 nitrogen and oxygen atoms in total. The van der Waals surface area contributed by atoms with E-state index in [4.69, 9.17) is 0 Å². The van der Waals surface area contributed by atoms with Crippen LogP contribution >= 0.6 is 0 Å². The first kappa shape index (κ1) is 19.3. The van der Waals surface area contributed by atoms with Crippen LogP contribution in [0, 0.1) is 13.8 Å². The lowest BCUT2D eigenvalue weighted by molar-refractivity contribution is -0.143. The zero-order chi connectivity index (χ0) is 20.3. The molecule has 0 aliphatic heterocycles. The fraction of sp³-hybridized carbons (Fsp3) is 0.150. The van der Waals surface area contributed by atoms with Crippen molar-refractivity contribution in [2.75, 3.05) is 0 Å². The summed E-state index contributed by atoms with van der Waals surface area (Å²) in [5.74, 6) is -0.992. The lowest BCUT2D eigenvalue weighted by Gasteiger charge is -2.12. The van der Waals surface area contributed by atoms with Crippen molar-refractivity contribution in [1.82, 2.24) is 15.2 Å². The minimum absolute atomic E-state index is 0.208. The number of halogens is 3. The third-order valence-electron chi connectivity index (χ3n) is 4.02. The molecule has 28 heavy (non-hydrogen) atoms. The normalized spacial score (nSPS) is 11.8. The highest BCUT2D eigenvalue weighted by atomic mass is 19.4. The second kappa shape index (κ2) is 7.67. The van der Waals surface area contributed by atoms with Gasteiger partial charge in [-0.1, -0.05) is 47.5 Å². The van der Waals surface area contributed by atoms with E-state index in [0.29, 0.717) is 10.2 Å². The molecule has 1 aromatic heterocycles. The number of hydrazone groups is 1. The molecule has 2 aromatic carbocycles. The second-order valence-corrected chi connectivity index (χ2v) is 6.26. The maximum absolute atomic E-state index is 13.6. The fourth-order valence-corrected chi connectivity index (χ4v) is 2.55. The van der Waals surface area contributed by atoms with Gasteiger partial charge in [0.1, 0.15) is 0 Å². The smallest absolute Gasteiger partial charge is 0.267 e. The first-order chi connectivity index (χ1) is 13.3. The molecule has 1 N–H and O–H groups in total. The third kappa shape index (κ3) is 4.28. The van der Waals surface area contributed by atoms with Gasteiger partial charge in [-0.2, -0.15) is 23.4 Å². The van der Waals surface area contributed by atoms with Gasteiger partial charge in [-0.05, 0) is 31.5 Å². The van der Waals surface area contributed by atoms with Gasteiger partial charge in [0.2, 0.25) is 0 Å². The summed E-state index contributed by atoms with van der Waals surface area (Å²) in [6.45, 7) is 3.75. The molecular formula is C20H17F3N4O. The van der Waals surface area contributed by atoms with Crippen molar-refractivity contribution >= 4 is 12.1 Å². The molecule has 1 heterocycles. The minimum atomic E-state index is -4.77. The minimum Gasteiger partial charge on any atom is -0.267 e. The molecule has 3 rings (SSSR count). The van der Waals surface area contributed by atoms with Gasteiger partial charge in [0.15, 0.2) is 5.69 Å². The predicted octanol–water partition coefficient (Wildman–Crippen LogP) is 4.27. The van der Waals surface area contributed by atoms with Crippen LogP contribution in [0.1, 0.15) is 32.7 Å². The molecule has 0 saturated carbocycles. The number of nitrogens with zero attached hydrogens (tertiary/aromatic N) is 3. The summed E-state index contributed by atoms with van der Waals surface area (Å²) < 4.78 is 41.5. The van der Waals surface area contributed by atoms with Crippen LogP contribution < -0.4 is 5.43 Å². The van der Waals surface area contributed by atoms with E-state index >= 15 is 0 Å². The number of benzene rings is 2. The summed E-state index contributed by atoms with van der Waals surface area (Å²) in [7, 11) is 0. The summed E-state index contributed by atoms with van der Waals surface area (Å²) in [5, 5.41) is 7.50. The van der Waals surface area contributed by atoms with Crippen molar-refractivity contribution in [3.8, 4) is 5.69 Å². The van der Waals surface area contributed by atoms with Gasteiger partial charge in [-0.25, -0.2) is 10.1 Å². The summed E-state index contributed by atoms with van der Waals surface area (Å²) >= 11 is 0. The topological polar surface area (TPSA) is 59.3 Å². The molecule has 0 unspecified atom stereocenters. The number of aromatic nitrogens is 2. The Balaban J connectivity index is 1.87. The largest absolute Gasteiger partial charge is 0.434 e. The lowest BCUT2D eigenvalue weighted by Crippen LogP contribution is -2.23. The molecule has 8 heteroatoms. The molecular weight excluding hydrogens is 369 g/mol. The molecule has 0 aliphatic carbocycles. The number of aryl methyl sites for hydroxylation is 2. The van der Waals surface area contributed by atoms with Crippen LogP contribution in [0.2, 0.25) is 0 Å². The first-order valence-corrected chi connectivity index (χ1v) is 8.38. The second-order valence-electron chi connectivity index (χ2n) is 6.26. The van der Waals surface area contributed by atoms with E-state index in [2.05, 4.69) is 15.6 Å². The highest BCUT2D eigenvalue weighted by Gasteiger charge is 2.40. The quantitative estimate of drug-likeness (QED) is 0.538. The number of amides is 1. The van der Waals surface area contributed by atoms with Gasteiger partial charge in [0.25, 0.3) is 5.91 Å². The van der Waals surface area contributed by atoms with E-state index in [1.165, 1.54) is 18.3 Å². The first-order valence-electron chi connectivity index (χ1n) is 8.38. The van der Waals surface area contributed by atoms with Crippen molar-refractivity contribution in [2.45, 2.75) is 20.0 Å². The van der Waals surface area contributed by atoms with Crippen LogP contribution in [0.15, 0.2) is 59.8 Å². The number of carbonyl (C=O) groups is 1. The maximum atomic E-state index is 13.6. The average Bonchev–Trinajstić information content (AvgIpc) is 3.09. The zero-order valence-electron chi connectivity index (χ0n) is 15.2. The van der Waals surface area contributed by atoms with E-state index in [0.717, 1.165) is 17.3 Å². The molecule has 0 fully saturated rings.